The molecule has 0 saturated carbocycles. The Hall–Kier alpha value is -3.86. The molecule has 0 radical (unpaired) electrons. The molecule has 2 atom stereocenters. The molecule has 11 heteroatoms. The van der Waals surface area contributed by atoms with E-state index in [9.17, 15) is 31.2 Å². The highest BCUT2D eigenvalue weighted by Crippen LogP contribution is 2.33. The van der Waals surface area contributed by atoms with Crippen LogP contribution in [0.2, 0.25) is 0 Å². The third kappa shape index (κ3) is 7.87. The van der Waals surface area contributed by atoms with Gasteiger partial charge < -0.3 is 10.2 Å². The van der Waals surface area contributed by atoms with Gasteiger partial charge in [-0.05, 0) is 68.7 Å². The maximum atomic E-state index is 13.9. The number of anilines is 1. The number of hydrogen-bond donors (Lipinski definition) is 1. The van der Waals surface area contributed by atoms with Crippen molar-refractivity contribution in [3.63, 3.8) is 0 Å². The molecule has 3 rings (SSSR count). The van der Waals surface area contributed by atoms with Gasteiger partial charge in [0.15, 0.2) is 0 Å². The van der Waals surface area contributed by atoms with Gasteiger partial charge in [-0.1, -0.05) is 55.5 Å². The van der Waals surface area contributed by atoms with Crippen LogP contribution in [-0.2, 0) is 32.3 Å². The van der Waals surface area contributed by atoms with Gasteiger partial charge in [0.2, 0.25) is 11.8 Å². The lowest BCUT2D eigenvalue weighted by atomic mass is 10.1. The highest BCUT2D eigenvalue weighted by atomic mass is 32.2. The van der Waals surface area contributed by atoms with E-state index < -0.39 is 46.2 Å². The van der Waals surface area contributed by atoms with E-state index in [4.69, 9.17) is 0 Å². The Morgan fingerprint density at radius 2 is 1.56 bits per heavy atom. The Bertz CT molecular complexity index is 1460. The Morgan fingerprint density at radius 3 is 2.17 bits per heavy atom. The van der Waals surface area contributed by atoms with Crippen molar-refractivity contribution in [1.82, 2.24) is 10.2 Å². The molecule has 0 aliphatic carbocycles. The average Bonchev–Trinajstić information content (AvgIpc) is 2.94. The highest BCUT2D eigenvalue weighted by molar-refractivity contribution is 7.92. The van der Waals surface area contributed by atoms with Crippen LogP contribution < -0.4 is 9.62 Å². The summed E-state index contributed by atoms with van der Waals surface area (Å²) in [6.45, 7) is 6.26. The summed E-state index contributed by atoms with van der Waals surface area (Å²) in [4.78, 5) is 28.1. The van der Waals surface area contributed by atoms with Crippen molar-refractivity contribution in [2.45, 2.75) is 63.8 Å². The fraction of sp³-hybridized carbons (Fsp3) is 0.333. The summed E-state index contributed by atoms with van der Waals surface area (Å²) in [5.41, 5.74) is 0.199. The van der Waals surface area contributed by atoms with Gasteiger partial charge in [-0.25, -0.2) is 8.42 Å². The number of carbonyl (C=O) groups excluding carboxylic acids is 2. The van der Waals surface area contributed by atoms with Crippen LogP contribution in [0.4, 0.5) is 18.9 Å². The van der Waals surface area contributed by atoms with Gasteiger partial charge in [0.25, 0.3) is 10.0 Å². The molecule has 2 amide bonds. The highest BCUT2D eigenvalue weighted by Gasteiger charge is 2.35. The zero-order chi connectivity index (χ0) is 30.4. The second-order valence-corrected chi connectivity index (χ2v) is 11.7. The van der Waals surface area contributed by atoms with Crippen LogP contribution in [0, 0.1) is 6.92 Å². The second-order valence-electron chi connectivity index (χ2n) is 9.81. The monoisotopic (exact) mass is 589 g/mol. The molecular weight excluding hydrogens is 555 g/mol. The van der Waals surface area contributed by atoms with Crippen molar-refractivity contribution >= 4 is 27.5 Å². The van der Waals surface area contributed by atoms with E-state index >= 15 is 0 Å². The van der Waals surface area contributed by atoms with Crippen LogP contribution in [0.3, 0.4) is 0 Å². The molecule has 0 spiro atoms. The molecule has 0 fully saturated rings. The van der Waals surface area contributed by atoms with E-state index in [0.717, 1.165) is 23.3 Å². The van der Waals surface area contributed by atoms with Crippen LogP contribution in [0.5, 0.6) is 0 Å². The molecule has 3 aromatic carbocycles. The number of aryl methyl sites for hydroxylation is 1. The summed E-state index contributed by atoms with van der Waals surface area (Å²) < 4.78 is 68.8. The molecule has 3 aromatic rings. The third-order valence-corrected chi connectivity index (χ3v) is 8.63. The Morgan fingerprint density at radius 1 is 0.927 bits per heavy atom. The van der Waals surface area contributed by atoms with Crippen LogP contribution in [-0.4, -0.2) is 43.8 Å². The molecule has 0 heterocycles. The number of halogens is 3. The number of hydrogen-bond acceptors (Lipinski definition) is 4. The summed E-state index contributed by atoms with van der Waals surface area (Å²) in [6.07, 6.45) is -4.08. The van der Waals surface area contributed by atoms with Crippen LogP contribution >= 0.6 is 0 Å². The summed E-state index contributed by atoms with van der Waals surface area (Å²) in [7, 11) is -4.48. The maximum absolute atomic E-state index is 13.9. The number of nitrogens with one attached hydrogen (secondary N) is 1. The molecule has 220 valence electrons. The molecule has 1 N–H and O–H groups in total. The van der Waals surface area contributed by atoms with Gasteiger partial charge in [0, 0.05) is 12.6 Å². The quantitative estimate of drug-likeness (QED) is 0.318. The van der Waals surface area contributed by atoms with E-state index in [-0.39, 0.29) is 23.2 Å². The zero-order valence-electron chi connectivity index (χ0n) is 23.4. The van der Waals surface area contributed by atoms with Crippen LogP contribution in [0.15, 0.2) is 83.8 Å². The Kier molecular flexibility index (Phi) is 10.2. The first kappa shape index (κ1) is 31.7. The molecule has 7 nitrogen and oxygen atoms in total. The van der Waals surface area contributed by atoms with E-state index in [1.165, 1.54) is 42.2 Å². The topological polar surface area (TPSA) is 86.8 Å². The lowest BCUT2D eigenvalue weighted by Crippen LogP contribution is -2.52. The van der Waals surface area contributed by atoms with E-state index in [1.54, 1.807) is 18.2 Å². The molecule has 0 aromatic heterocycles. The van der Waals surface area contributed by atoms with E-state index in [0.29, 0.717) is 16.8 Å². The van der Waals surface area contributed by atoms with E-state index in [1.807, 2.05) is 32.9 Å². The predicted octanol–water partition coefficient (Wildman–Crippen LogP) is 5.54. The van der Waals surface area contributed by atoms with Crippen molar-refractivity contribution in [2.24, 2.45) is 0 Å². The van der Waals surface area contributed by atoms with Crippen LogP contribution in [0.25, 0.3) is 0 Å². The first-order valence-corrected chi connectivity index (χ1v) is 14.6. The van der Waals surface area contributed by atoms with Gasteiger partial charge in [-0.15, -0.1) is 0 Å². The molecule has 0 unspecified atom stereocenters. The van der Waals surface area contributed by atoms with Gasteiger partial charge in [0.1, 0.15) is 12.6 Å². The van der Waals surface area contributed by atoms with Crippen LogP contribution in [0.1, 0.15) is 43.9 Å². The summed E-state index contributed by atoms with van der Waals surface area (Å²) in [5.74, 6) is -1.19. The van der Waals surface area contributed by atoms with Gasteiger partial charge >= 0.3 is 6.18 Å². The summed E-state index contributed by atoms with van der Waals surface area (Å²) in [5, 5.41) is 2.84. The van der Waals surface area contributed by atoms with Crippen molar-refractivity contribution in [2.75, 3.05) is 10.8 Å². The average molecular weight is 590 g/mol. The number of nitrogens with zero attached hydrogens (tertiary/aromatic N) is 2. The smallest absolute Gasteiger partial charge is 0.352 e. The van der Waals surface area contributed by atoms with Gasteiger partial charge in [-0.3, -0.25) is 13.9 Å². The van der Waals surface area contributed by atoms with E-state index in [2.05, 4.69) is 5.32 Å². The fourth-order valence-electron chi connectivity index (χ4n) is 4.10. The number of alkyl halides is 3. The van der Waals surface area contributed by atoms with Crippen molar-refractivity contribution in [1.29, 1.82) is 0 Å². The number of benzene rings is 3. The Balaban J connectivity index is 2.08. The minimum atomic E-state index is -4.73. The minimum absolute atomic E-state index is 0.0115. The lowest BCUT2D eigenvalue weighted by Gasteiger charge is -2.33. The Labute approximate surface area is 239 Å². The second kappa shape index (κ2) is 13.2. The van der Waals surface area contributed by atoms with Crippen molar-refractivity contribution < 1.29 is 31.2 Å². The SMILES string of the molecule is CC[C@@H](C)NC(=O)[C@@H](C)N(Cc1ccccc1C)C(=O)CN(c1cccc(C(F)(F)F)c1)S(=O)(=O)c1ccccc1. The van der Waals surface area contributed by atoms with Crippen molar-refractivity contribution in [3.05, 3.63) is 95.6 Å². The van der Waals surface area contributed by atoms with Gasteiger partial charge in [0.05, 0.1) is 16.1 Å². The summed E-state index contributed by atoms with van der Waals surface area (Å²) in [6, 6.07) is 17.0. The first-order chi connectivity index (χ1) is 19.3. The molecule has 0 aliphatic heterocycles. The largest absolute Gasteiger partial charge is 0.416 e. The normalized spacial score (nSPS) is 13.2. The number of carbonyl (C=O) groups is 2. The maximum Gasteiger partial charge on any atom is 0.416 e. The van der Waals surface area contributed by atoms with Crippen molar-refractivity contribution in [3.8, 4) is 0 Å². The standard InChI is InChI=1S/C30H34F3N3O4S/c1-5-22(3)34-29(38)23(4)35(19-24-13-10-9-12-21(24)2)28(37)20-36(41(39,40)27-16-7-6-8-17-27)26-15-11-14-25(18-26)30(31,32)33/h6-18,22-23H,5,19-20H2,1-4H3,(H,34,38)/t22-,23-/m1/s1. The number of rotatable bonds is 11. The molecule has 0 aliphatic rings. The molecule has 0 saturated heterocycles. The number of amides is 2. The predicted molar refractivity (Wildman–Crippen MR) is 152 cm³/mol. The molecule has 41 heavy (non-hydrogen) atoms. The molecule has 0 bridgehead atoms. The third-order valence-electron chi connectivity index (χ3n) is 6.84. The lowest BCUT2D eigenvalue weighted by molar-refractivity contribution is -0.139. The van der Waals surface area contributed by atoms with Gasteiger partial charge in [-0.2, -0.15) is 13.2 Å². The number of sulfonamides is 1. The fourth-order valence-corrected chi connectivity index (χ4v) is 5.53. The molecular formula is C30H34F3N3O4S. The first-order valence-electron chi connectivity index (χ1n) is 13.1. The zero-order valence-corrected chi connectivity index (χ0v) is 24.2. The minimum Gasteiger partial charge on any atom is -0.352 e. The summed E-state index contributed by atoms with van der Waals surface area (Å²) >= 11 is 0.